The van der Waals surface area contributed by atoms with Crippen molar-refractivity contribution in [3.8, 4) is 0 Å². The van der Waals surface area contributed by atoms with Crippen molar-refractivity contribution < 1.29 is 8.42 Å². The number of aryl methyl sites for hydroxylation is 1. The lowest BCUT2D eigenvalue weighted by Crippen LogP contribution is -2.36. The van der Waals surface area contributed by atoms with Gasteiger partial charge < -0.3 is 5.73 Å². The van der Waals surface area contributed by atoms with Gasteiger partial charge >= 0.3 is 0 Å². The number of sulfonamides is 1. The highest BCUT2D eigenvalue weighted by Crippen LogP contribution is 2.18. The first kappa shape index (κ1) is 16.1. The van der Waals surface area contributed by atoms with Gasteiger partial charge in [-0.15, -0.1) is 0 Å². The second kappa shape index (κ2) is 7.02. The summed E-state index contributed by atoms with van der Waals surface area (Å²) in [4.78, 5) is 0.249. The van der Waals surface area contributed by atoms with Gasteiger partial charge in [-0.05, 0) is 25.8 Å². The molecule has 0 aromatic carbocycles. The van der Waals surface area contributed by atoms with Crippen LogP contribution in [0.4, 0.5) is 0 Å². The van der Waals surface area contributed by atoms with Crippen LogP contribution >= 0.6 is 0 Å². The highest BCUT2D eigenvalue weighted by atomic mass is 32.2. The van der Waals surface area contributed by atoms with Crippen molar-refractivity contribution in [2.75, 3.05) is 13.6 Å². The highest BCUT2D eigenvalue weighted by molar-refractivity contribution is 7.89. The predicted octanol–water partition coefficient (Wildman–Crippen LogP) is 1.04. The summed E-state index contributed by atoms with van der Waals surface area (Å²) >= 11 is 0. The number of nitrogens with two attached hydrogens (primary N) is 1. The van der Waals surface area contributed by atoms with Gasteiger partial charge in [0.1, 0.15) is 4.90 Å². The molecule has 0 radical (unpaired) electrons. The van der Waals surface area contributed by atoms with Gasteiger partial charge in [0.15, 0.2) is 0 Å². The van der Waals surface area contributed by atoms with Crippen LogP contribution in [0.3, 0.4) is 0 Å². The zero-order chi connectivity index (χ0) is 14.5. The lowest BCUT2D eigenvalue weighted by atomic mass is 10.2. The van der Waals surface area contributed by atoms with Crippen molar-refractivity contribution in [3.05, 3.63) is 12.4 Å². The molecular formula is C12H24N4O2S. The maximum atomic E-state index is 12.4. The lowest BCUT2D eigenvalue weighted by molar-refractivity contribution is 0.349. The number of nitrogens with zero attached hydrogens (tertiary/aromatic N) is 3. The van der Waals surface area contributed by atoms with Crippen LogP contribution in [0.2, 0.25) is 0 Å². The zero-order valence-electron chi connectivity index (χ0n) is 11.9. The van der Waals surface area contributed by atoms with E-state index in [0.29, 0.717) is 13.1 Å². The fraction of sp³-hybridized carbons (Fsp3) is 0.750. The predicted molar refractivity (Wildman–Crippen MR) is 75.2 cm³/mol. The summed E-state index contributed by atoms with van der Waals surface area (Å²) in [6, 6.07) is 0.0254. The van der Waals surface area contributed by atoms with Crippen molar-refractivity contribution in [3.63, 3.8) is 0 Å². The molecule has 0 saturated carbocycles. The smallest absolute Gasteiger partial charge is 0.246 e. The van der Waals surface area contributed by atoms with Crippen molar-refractivity contribution in [2.45, 2.75) is 50.6 Å². The van der Waals surface area contributed by atoms with E-state index in [-0.39, 0.29) is 10.9 Å². The molecule has 0 fully saturated rings. The molecule has 0 aliphatic rings. The number of hydrogen-bond acceptors (Lipinski definition) is 4. The first-order chi connectivity index (χ1) is 8.97. The van der Waals surface area contributed by atoms with Crippen LogP contribution in [0, 0.1) is 0 Å². The molecule has 1 rings (SSSR count). The van der Waals surface area contributed by atoms with Crippen molar-refractivity contribution in [2.24, 2.45) is 5.73 Å². The van der Waals surface area contributed by atoms with Gasteiger partial charge in [-0.25, -0.2) is 8.42 Å². The van der Waals surface area contributed by atoms with Crippen LogP contribution in [0.1, 0.15) is 33.1 Å². The van der Waals surface area contributed by atoms with Crippen molar-refractivity contribution >= 4 is 10.0 Å². The Hall–Kier alpha value is -0.920. The number of aromatic nitrogens is 2. The van der Waals surface area contributed by atoms with Gasteiger partial charge in [0.05, 0.1) is 6.20 Å². The third-order valence-electron chi connectivity index (χ3n) is 3.33. The summed E-state index contributed by atoms with van der Waals surface area (Å²) in [7, 11) is -1.82. The van der Waals surface area contributed by atoms with Crippen LogP contribution in [-0.2, 0) is 16.6 Å². The van der Waals surface area contributed by atoms with E-state index < -0.39 is 10.0 Å². The zero-order valence-corrected chi connectivity index (χ0v) is 12.7. The number of hydrogen-bond donors (Lipinski definition) is 1. The number of rotatable bonds is 8. The minimum atomic E-state index is -3.45. The van der Waals surface area contributed by atoms with Gasteiger partial charge in [0.25, 0.3) is 0 Å². The molecule has 6 nitrogen and oxygen atoms in total. The summed E-state index contributed by atoms with van der Waals surface area (Å²) in [5.74, 6) is 0. The van der Waals surface area contributed by atoms with E-state index in [1.807, 2.05) is 13.8 Å². The van der Waals surface area contributed by atoms with Gasteiger partial charge in [-0.1, -0.05) is 13.8 Å². The molecular weight excluding hydrogens is 264 g/mol. The molecule has 0 aliphatic carbocycles. The van der Waals surface area contributed by atoms with Crippen LogP contribution < -0.4 is 5.73 Å². The molecule has 1 aromatic rings. The molecule has 0 bridgehead atoms. The topological polar surface area (TPSA) is 81.2 Å². The molecule has 1 aromatic heterocycles. The average molecular weight is 288 g/mol. The Morgan fingerprint density at radius 3 is 2.58 bits per heavy atom. The molecule has 0 unspecified atom stereocenters. The molecule has 0 amide bonds. The van der Waals surface area contributed by atoms with E-state index in [0.717, 1.165) is 19.3 Å². The van der Waals surface area contributed by atoms with Gasteiger partial charge in [-0.3, -0.25) is 4.68 Å². The van der Waals surface area contributed by atoms with E-state index in [4.69, 9.17) is 5.73 Å². The van der Waals surface area contributed by atoms with Gasteiger partial charge in [0, 0.05) is 25.8 Å². The highest BCUT2D eigenvalue weighted by Gasteiger charge is 2.27. The Morgan fingerprint density at radius 2 is 2.05 bits per heavy atom. The molecule has 0 spiro atoms. The van der Waals surface area contributed by atoms with E-state index in [1.165, 1.54) is 10.5 Å². The standard InChI is InChI=1S/C12H24N4O2S/c1-4-11(5-2)15(3)19(17,18)12-9-14-16(10-12)8-6-7-13/h9-11H,4-8,13H2,1-3H3. The van der Waals surface area contributed by atoms with Crippen molar-refractivity contribution in [1.82, 2.24) is 14.1 Å². The van der Waals surface area contributed by atoms with Crippen LogP contribution in [0.5, 0.6) is 0 Å². The van der Waals surface area contributed by atoms with E-state index >= 15 is 0 Å². The Bertz CT molecular complexity index is 480. The van der Waals surface area contributed by atoms with Crippen LogP contribution in [0.25, 0.3) is 0 Å². The maximum absolute atomic E-state index is 12.4. The van der Waals surface area contributed by atoms with Gasteiger partial charge in [0.2, 0.25) is 10.0 Å². The molecule has 110 valence electrons. The monoisotopic (exact) mass is 288 g/mol. The molecule has 0 atom stereocenters. The average Bonchev–Trinajstić information content (AvgIpc) is 2.87. The van der Waals surface area contributed by atoms with E-state index in [1.54, 1.807) is 17.9 Å². The van der Waals surface area contributed by atoms with Crippen LogP contribution in [0.15, 0.2) is 17.3 Å². The summed E-state index contributed by atoms with van der Waals surface area (Å²) in [6.45, 7) is 5.19. The fourth-order valence-electron chi connectivity index (χ4n) is 2.02. The molecule has 19 heavy (non-hydrogen) atoms. The molecule has 7 heteroatoms. The second-order valence-corrected chi connectivity index (χ2v) is 6.57. The summed E-state index contributed by atoms with van der Waals surface area (Å²) < 4.78 is 27.9. The molecule has 2 N–H and O–H groups in total. The second-order valence-electron chi connectivity index (χ2n) is 4.57. The third-order valence-corrected chi connectivity index (χ3v) is 5.20. The SMILES string of the molecule is CCC(CC)N(C)S(=O)(=O)c1cnn(CCCN)c1. The fourth-order valence-corrected chi connectivity index (χ4v) is 3.48. The van der Waals surface area contributed by atoms with E-state index in [9.17, 15) is 8.42 Å². The summed E-state index contributed by atoms with van der Waals surface area (Å²) in [5.41, 5.74) is 5.43. The Balaban J connectivity index is 2.90. The lowest BCUT2D eigenvalue weighted by Gasteiger charge is -2.24. The third kappa shape index (κ3) is 3.77. The van der Waals surface area contributed by atoms with Crippen molar-refractivity contribution in [1.29, 1.82) is 0 Å². The normalized spacial score (nSPS) is 12.5. The van der Waals surface area contributed by atoms with E-state index in [2.05, 4.69) is 5.10 Å². The Morgan fingerprint density at radius 1 is 1.42 bits per heavy atom. The minimum Gasteiger partial charge on any atom is -0.330 e. The van der Waals surface area contributed by atoms with Gasteiger partial charge in [-0.2, -0.15) is 9.40 Å². The summed E-state index contributed by atoms with van der Waals surface area (Å²) in [5, 5.41) is 4.07. The molecule has 1 heterocycles. The molecule has 0 aliphatic heterocycles. The Labute approximate surface area is 115 Å². The summed E-state index contributed by atoms with van der Waals surface area (Å²) in [6.07, 6.45) is 5.36. The first-order valence-corrected chi connectivity index (χ1v) is 8.11. The minimum absolute atomic E-state index is 0.0254. The Kier molecular flexibility index (Phi) is 5.96. The maximum Gasteiger partial charge on any atom is 0.246 e. The van der Waals surface area contributed by atoms with Crippen LogP contribution in [-0.4, -0.2) is 42.1 Å². The quantitative estimate of drug-likeness (QED) is 0.775. The molecule has 0 saturated heterocycles. The first-order valence-electron chi connectivity index (χ1n) is 6.67. The largest absolute Gasteiger partial charge is 0.330 e.